The zero-order chi connectivity index (χ0) is 26.5. The highest BCUT2D eigenvalue weighted by molar-refractivity contribution is 5.86. The first-order valence-electron chi connectivity index (χ1n) is 12.5. The molecule has 4 rings (SSSR count). The third-order valence-electron chi connectivity index (χ3n) is 5.95. The van der Waals surface area contributed by atoms with Gasteiger partial charge in [-0.25, -0.2) is 0 Å². The summed E-state index contributed by atoms with van der Waals surface area (Å²) in [5.41, 5.74) is 4.85. The van der Waals surface area contributed by atoms with E-state index in [-0.39, 0.29) is 11.9 Å². The molecule has 2 atom stereocenters. The van der Waals surface area contributed by atoms with Crippen LogP contribution in [0.2, 0.25) is 0 Å². The lowest BCUT2D eigenvalue weighted by molar-refractivity contribution is -0.123. The highest BCUT2D eigenvalue weighted by Gasteiger charge is 2.28. The van der Waals surface area contributed by atoms with Gasteiger partial charge in [0.25, 0.3) is 0 Å². The van der Waals surface area contributed by atoms with Gasteiger partial charge in [0.05, 0.1) is 17.9 Å². The summed E-state index contributed by atoms with van der Waals surface area (Å²) in [7, 11) is 1.91. The van der Waals surface area contributed by atoms with Crippen LogP contribution in [0.3, 0.4) is 0 Å². The quantitative estimate of drug-likeness (QED) is 0.281. The summed E-state index contributed by atoms with van der Waals surface area (Å²) in [6, 6.07) is 27.6. The average Bonchev–Trinajstić information content (AvgIpc) is 2.95. The fraction of sp³-hybridized carbons (Fsp3) is 0.226. The van der Waals surface area contributed by atoms with Crippen LogP contribution in [0.25, 0.3) is 11.1 Å². The first-order chi connectivity index (χ1) is 18.0. The minimum absolute atomic E-state index is 0.128. The third kappa shape index (κ3) is 7.84. The highest BCUT2D eigenvalue weighted by atomic mass is 16.2. The van der Waals surface area contributed by atoms with Gasteiger partial charge in [-0.3, -0.25) is 14.8 Å². The molecule has 1 amide bonds. The summed E-state index contributed by atoms with van der Waals surface area (Å²) in [6.45, 7) is 3.96. The van der Waals surface area contributed by atoms with Crippen molar-refractivity contribution in [3.05, 3.63) is 115 Å². The number of nitrogens with one attached hydrogen (secondary N) is 1. The lowest BCUT2D eigenvalue weighted by atomic mass is 10.0. The second kappa shape index (κ2) is 14.3. The topological polar surface area (TPSA) is 75.2 Å². The number of anilines is 1. The van der Waals surface area contributed by atoms with E-state index >= 15 is 0 Å². The van der Waals surface area contributed by atoms with Gasteiger partial charge < -0.3 is 15.0 Å². The lowest BCUT2D eigenvalue weighted by Crippen LogP contribution is -2.40. The molecule has 6 heteroatoms. The number of hydrogen-bond acceptors (Lipinski definition) is 5. The van der Waals surface area contributed by atoms with Crippen molar-refractivity contribution in [1.29, 1.82) is 0 Å². The van der Waals surface area contributed by atoms with Crippen molar-refractivity contribution in [2.24, 2.45) is 0 Å². The van der Waals surface area contributed by atoms with Crippen molar-refractivity contribution in [2.75, 3.05) is 11.9 Å². The predicted molar refractivity (Wildman–Crippen MR) is 149 cm³/mol. The Balaban J connectivity index is 0.000000695. The number of likely N-dealkylation sites (N-methyl/N-ethyl adjacent to an activating group) is 1. The summed E-state index contributed by atoms with van der Waals surface area (Å²) in [5, 5.41) is 3.13. The molecule has 1 N–H and O–H groups in total. The van der Waals surface area contributed by atoms with Crippen LogP contribution in [0, 0.1) is 0 Å². The molecule has 4 aromatic rings. The van der Waals surface area contributed by atoms with Crippen LogP contribution in [0.5, 0.6) is 0 Å². The van der Waals surface area contributed by atoms with Crippen LogP contribution in [0.4, 0.5) is 5.69 Å². The molecule has 1 heterocycles. The Morgan fingerprint density at radius 3 is 2.08 bits per heavy atom. The molecular weight excluding hydrogens is 460 g/mol. The van der Waals surface area contributed by atoms with E-state index in [0.717, 1.165) is 35.1 Å². The molecule has 37 heavy (non-hydrogen) atoms. The van der Waals surface area contributed by atoms with Crippen LogP contribution in [0.1, 0.15) is 50.0 Å². The van der Waals surface area contributed by atoms with E-state index in [1.807, 2.05) is 86.5 Å². The molecule has 0 spiro atoms. The summed E-state index contributed by atoms with van der Waals surface area (Å²) in [5.74, 6) is -0.128. The van der Waals surface area contributed by atoms with Crippen LogP contribution in [0.15, 0.2) is 104 Å². The zero-order valence-corrected chi connectivity index (χ0v) is 21.6. The number of nitrogens with zero attached hydrogens (tertiary/aromatic N) is 3. The van der Waals surface area contributed by atoms with Gasteiger partial charge in [-0.2, -0.15) is 0 Å². The Morgan fingerprint density at radius 1 is 0.919 bits per heavy atom. The van der Waals surface area contributed by atoms with E-state index in [0.29, 0.717) is 12.1 Å². The fourth-order valence-electron chi connectivity index (χ4n) is 3.86. The molecule has 0 aliphatic rings. The predicted octanol–water partition coefficient (Wildman–Crippen LogP) is 6.18. The Morgan fingerprint density at radius 2 is 1.54 bits per heavy atom. The normalized spacial score (nSPS) is 11.9. The number of carbonyl (C=O) groups excluding carboxylic acids is 2. The minimum atomic E-state index is -0.613. The van der Waals surface area contributed by atoms with Crippen molar-refractivity contribution in [1.82, 2.24) is 15.3 Å². The van der Waals surface area contributed by atoms with E-state index in [1.54, 1.807) is 18.6 Å². The van der Waals surface area contributed by atoms with Crippen molar-refractivity contribution >= 4 is 17.9 Å². The number of aromatic nitrogens is 2. The number of hydrogen-bond donors (Lipinski definition) is 1. The van der Waals surface area contributed by atoms with Gasteiger partial charge in [-0.1, -0.05) is 79.7 Å². The molecule has 0 saturated heterocycles. The largest absolute Gasteiger partial charge is 0.358 e. The molecule has 0 bridgehead atoms. The monoisotopic (exact) mass is 494 g/mol. The number of unbranched alkanes of at least 4 members (excludes halogenated alkanes) is 1. The molecule has 0 saturated carbocycles. The maximum Gasteiger partial charge on any atom is 0.249 e. The molecule has 6 nitrogen and oxygen atoms in total. The minimum Gasteiger partial charge on any atom is -0.358 e. The standard InChI is InChI=1S/C27H26N4O.C4H8O/c1-20(21-9-5-3-6-10-21)30-27(32)26(25-19-28-17-18-29-25)31(2)24-15-13-23(14-16-24)22-11-7-4-8-12-22;1-2-3-4-5/h3-20,26H,1-2H3,(H,30,32);4H,2-3H2,1H3/t20-,26?;/m0./s1. The molecular formula is C31H34N4O2. The molecule has 1 unspecified atom stereocenters. The van der Waals surface area contributed by atoms with E-state index in [4.69, 9.17) is 0 Å². The van der Waals surface area contributed by atoms with Crippen LogP contribution in [-0.2, 0) is 9.59 Å². The number of amides is 1. The summed E-state index contributed by atoms with van der Waals surface area (Å²) < 4.78 is 0. The second-order valence-corrected chi connectivity index (χ2v) is 8.65. The SMILES string of the molecule is CCCC=O.C[C@H](NC(=O)C(c1cnccn1)N(C)c1ccc(-c2ccccc2)cc1)c1ccccc1. The van der Waals surface area contributed by atoms with Gasteiger partial charge in [0.1, 0.15) is 6.29 Å². The molecule has 0 fully saturated rings. The summed E-state index contributed by atoms with van der Waals surface area (Å²) in [4.78, 5) is 33.4. The summed E-state index contributed by atoms with van der Waals surface area (Å²) >= 11 is 0. The average molecular weight is 495 g/mol. The molecule has 1 aromatic heterocycles. The first-order valence-corrected chi connectivity index (χ1v) is 12.5. The van der Waals surface area contributed by atoms with Crippen LogP contribution in [-0.4, -0.2) is 29.2 Å². The van der Waals surface area contributed by atoms with Gasteiger partial charge in [0.15, 0.2) is 6.04 Å². The molecule has 0 aliphatic heterocycles. The Labute approximate surface area is 219 Å². The molecule has 0 radical (unpaired) electrons. The molecule has 3 aromatic carbocycles. The smallest absolute Gasteiger partial charge is 0.249 e. The Kier molecular flexibility index (Phi) is 10.5. The van der Waals surface area contributed by atoms with E-state index < -0.39 is 6.04 Å². The fourth-order valence-corrected chi connectivity index (χ4v) is 3.86. The molecule has 0 aliphatic carbocycles. The van der Waals surface area contributed by atoms with Crippen molar-refractivity contribution in [3.63, 3.8) is 0 Å². The van der Waals surface area contributed by atoms with Gasteiger partial charge in [0, 0.05) is 31.5 Å². The van der Waals surface area contributed by atoms with Gasteiger partial charge in [-0.15, -0.1) is 0 Å². The van der Waals surface area contributed by atoms with E-state index in [9.17, 15) is 9.59 Å². The van der Waals surface area contributed by atoms with E-state index in [2.05, 4.69) is 39.6 Å². The maximum atomic E-state index is 13.4. The Hall–Kier alpha value is -4.32. The van der Waals surface area contributed by atoms with Gasteiger partial charge in [0.2, 0.25) is 5.91 Å². The number of benzene rings is 3. The van der Waals surface area contributed by atoms with Gasteiger partial charge >= 0.3 is 0 Å². The first kappa shape index (κ1) is 27.3. The van der Waals surface area contributed by atoms with Crippen molar-refractivity contribution < 1.29 is 9.59 Å². The second-order valence-electron chi connectivity index (χ2n) is 8.65. The lowest BCUT2D eigenvalue weighted by Gasteiger charge is -2.30. The van der Waals surface area contributed by atoms with Gasteiger partial charge in [-0.05, 0) is 42.2 Å². The number of aldehydes is 1. The highest BCUT2D eigenvalue weighted by Crippen LogP contribution is 2.28. The van der Waals surface area contributed by atoms with Crippen molar-refractivity contribution in [3.8, 4) is 11.1 Å². The summed E-state index contributed by atoms with van der Waals surface area (Å²) in [6.07, 6.45) is 7.48. The Bertz CT molecular complexity index is 1220. The van der Waals surface area contributed by atoms with Crippen LogP contribution < -0.4 is 10.2 Å². The number of rotatable bonds is 9. The third-order valence-corrected chi connectivity index (χ3v) is 5.95. The van der Waals surface area contributed by atoms with Crippen molar-refractivity contribution in [2.45, 2.75) is 38.8 Å². The zero-order valence-electron chi connectivity index (χ0n) is 21.6. The maximum absolute atomic E-state index is 13.4. The number of carbonyl (C=O) groups is 2. The molecule has 190 valence electrons. The van der Waals surface area contributed by atoms with Crippen LogP contribution >= 0.6 is 0 Å². The van der Waals surface area contributed by atoms with E-state index in [1.165, 1.54) is 0 Å².